The molecule has 4 aromatic rings. The summed E-state index contributed by atoms with van der Waals surface area (Å²) in [7, 11) is 1.40. The Morgan fingerprint density at radius 3 is 2.43 bits per heavy atom. The first kappa shape index (κ1) is 24.5. The van der Waals surface area contributed by atoms with Crippen LogP contribution in [0.15, 0.2) is 36.5 Å². The number of thiophene rings is 1. The lowest BCUT2D eigenvalue weighted by molar-refractivity contribution is -0.122. The number of nitrogens with zero attached hydrogens (tertiary/aromatic N) is 3. The molecular formula is C25H25F2N5O2S. The second-order valence-electron chi connectivity index (χ2n) is 8.50. The number of halogens is 2. The number of hydrogen-bond donors (Lipinski definition) is 2. The van der Waals surface area contributed by atoms with Crippen molar-refractivity contribution in [2.45, 2.75) is 39.8 Å². The minimum atomic E-state index is -1.24. The van der Waals surface area contributed by atoms with E-state index in [9.17, 15) is 18.4 Å². The van der Waals surface area contributed by atoms with Crippen molar-refractivity contribution in [1.82, 2.24) is 25.4 Å². The molecule has 182 valence electrons. The maximum atomic E-state index is 13.9. The molecule has 2 N–H and O–H groups in total. The molecule has 0 aliphatic heterocycles. The van der Waals surface area contributed by atoms with E-state index in [0.717, 1.165) is 27.5 Å². The molecule has 0 saturated heterocycles. The summed E-state index contributed by atoms with van der Waals surface area (Å²) in [4.78, 5) is 33.1. The zero-order chi connectivity index (χ0) is 25.4. The molecule has 0 saturated carbocycles. The molecule has 0 spiro atoms. The summed E-state index contributed by atoms with van der Waals surface area (Å²) in [6.45, 7) is 7.92. The molecule has 0 bridgehead atoms. The molecule has 1 atom stereocenters. The van der Waals surface area contributed by atoms with Gasteiger partial charge in [-0.25, -0.2) is 18.4 Å². The van der Waals surface area contributed by atoms with Crippen molar-refractivity contribution in [3.63, 3.8) is 0 Å². The van der Waals surface area contributed by atoms with E-state index in [-0.39, 0.29) is 17.2 Å². The maximum absolute atomic E-state index is 13.9. The molecule has 3 heterocycles. The summed E-state index contributed by atoms with van der Waals surface area (Å²) < 4.78 is 29.1. The second-order valence-corrected chi connectivity index (χ2v) is 9.96. The SMILES string of the molecule is CNC(=O)C(NC(=O)c1cc(-c2cc(C)sc2C)nc2c1cnn2C(C)C)c1ccc(F)c(F)c1. The number of nitrogens with one attached hydrogen (secondary N) is 2. The van der Waals surface area contributed by atoms with Crippen LogP contribution in [0.4, 0.5) is 8.78 Å². The van der Waals surface area contributed by atoms with E-state index in [1.165, 1.54) is 13.1 Å². The van der Waals surface area contributed by atoms with E-state index in [1.54, 1.807) is 28.3 Å². The van der Waals surface area contributed by atoms with Crippen molar-refractivity contribution < 1.29 is 18.4 Å². The number of aromatic nitrogens is 3. The second kappa shape index (κ2) is 9.53. The quantitative estimate of drug-likeness (QED) is 0.399. The van der Waals surface area contributed by atoms with E-state index < -0.39 is 29.5 Å². The van der Waals surface area contributed by atoms with Crippen LogP contribution in [0, 0.1) is 25.5 Å². The summed E-state index contributed by atoms with van der Waals surface area (Å²) in [5.41, 5.74) is 2.44. The van der Waals surface area contributed by atoms with Gasteiger partial charge in [0.15, 0.2) is 17.3 Å². The van der Waals surface area contributed by atoms with Crippen molar-refractivity contribution >= 4 is 34.2 Å². The summed E-state index contributed by atoms with van der Waals surface area (Å²) in [5, 5.41) is 10.1. The Balaban J connectivity index is 1.83. The van der Waals surface area contributed by atoms with Gasteiger partial charge in [-0.1, -0.05) is 6.07 Å². The van der Waals surface area contributed by atoms with Crippen LogP contribution >= 0.6 is 11.3 Å². The first-order valence-corrected chi connectivity index (χ1v) is 11.9. The van der Waals surface area contributed by atoms with Crippen molar-refractivity contribution in [2.24, 2.45) is 0 Å². The topological polar surface area (TPSA) is 88.9 Å². The minimum absolute atomic E-state index is 0.00252. The van der Waals surface area contributed by atoms with Gasteiger partial charge in [0.05, 0.1) is 22.8 Å². The Morgan fingerprint density at radius 2 is 1.83 bits per heavy atom. The van der Waals surface area contributed by atoms with Crippen LogP contribution in [0.25, 0.3) is 22.3 Å². The molecule has 3 aromatic heterocycles. The molecule has 0 aliphatic carbocycles. The molecule has 0 radical (unpaired) electrons. The fourth-order valence-corrected chi connectivity index (χ4v) is 4.89. The zero-order valence-corrected chi connectivity index (χ0v) is 20.8. The van der Waals surface area contributed by atoms with Gasteiger partial charge < -0.3 is 10.6 Å². The average Bonchev–Trinajstić information content (AvgIpc) is 3.40. The number of carbonyl (C=O) groups is 2. The Bertz CT molecular complexity index is 1440. The number of pyridine rings is 1. The molecule has 0 fully saturated rings. The highest BCUT2D eigenvalue weighted by atomic mass is 32.1. The summed E-state index contributed by atoms with van der Waals surface area (Å²) >= 11 is 1.63. The van der Waals surface area contributed by atoms with Crippen LogP contribution < -0.4 is 10.6 Å². The molecule has 35 heavy (non-hydrogen) atoms. The highest BCUT2D eigenvalue weighted by Gasteiger charge is 2.26. The lowest BCUT2D eigenvalue weighted by Gasteiger charge is -2.19. The van der Waals surface area contributed by atoms with Crippen LogP contribution in [0.1, 0.15) is 51.6 Å². The number of benzene rings is 1. The third-order valence-electron chi connectivity index (χ3n) is 5.68. The standard InChI is InChI=1S/C25H25F2N5O2S/c1-12(2)32-23-18(11-29-32)17(10-21(30-23)16-8-13(3)35-14(16)4)24(33)31-22(25(34)28-5)15-6-7-19(26)20(27)9-15/h6-12,22H,1-5H3,(H,28,34)(H,31,33). The smallest absolute Gasteiger partial charge is 0.253 e. The molecular weight excluding hydrogens is 472 g/mol. The van der Waals surface area contributed by atoms with Gasteiger partial charge in [-0.15, -0.1) is 11.3 Å². The van der Waals surface area contributed by atoms with Crippen molar-refractivity contribution in [2.75, 3.05) is 7.05 Å². The van der Waals surface area contributed by atoms with Gasteiger partial charge in [0.2, 0.25) is 5.91 Å². The predicted octanol–water partition coefficient (Wildman–Crippen LogP) is 4.85. The number of amides is 2. The normalized spacial score (nSPS) is 12.2. The first-order chi connectivity index (χ1) is 16.6. The average molecular weight is 498 g/mol. The number of hydrogen-bond acceptors (Lipinski definition) is 5. The Hall–Kier alpha value is -3.66. The highest BCUT2D eigenvalue weighted by Crippen LogP contribution is 2.33. The number of fused-ring (bicyclic) bond motifs is 1. The Morgan fingerprint density at radius 1 is 1.09 bits per heavy atom. The predicted molar refractivity (Wildman–Crippen MR) is 131 cm³/mol. The van der Waals surface area contributed by atoms with Crippen molar-refractivity contribution in [3.8, 4) is 11.3 Å². The van der Waals surface area contributed by atoms with Gasteiger partial charge in [0.25, 0.3) is 5.91 Å². The lowest BCUT2D eigenvalue weighted by atomic mass is 10.0. The molecule has 0 aliphatic rings. The largest absolute Gasteiger partial charge is 0.357 e. The molecule has 1 unspecified atom stereocenters. The number of rotatable bonds is 6. The summed E-state index contributed by atoms with van der Waals surface area (Å²) in [6, 6.07) is 5.53. The van der Waals surface area contributed by atoms with E-state index in [1.807, 2.05) is 33.8 Å². The Labute approximate surface area is 205 Å². The number of carbonyl (C=O) groups excluding carboxylic acids is 2. The van der Waals surface area contributed by atoms with E-state index in [4.69, 9.17) is 4.98 Å². The Kier molecular flexibility index (Phi) is 6.66. The number of likely N-dealkylation sites (N-methyl/N-ethyl adjacent to an activating group) is 1. The van der Waals surface area contributed by atoms with Gasteiger partial charge in [-0.3, -0.25) is 9.59 Å². The highest BCUT2D eigenvalue weighted by molar-refractivity contribution is 7.12. The van der Waals surface area contributed by atoms with Gasteiger partial charge in [0, 0.05) is 28.4 Å². The van der Waals surface area contributed by atoms with Crippen LogP contribution in [0.5, 0.6) is 0 Å². The fraction of sp³-hybridized carbons (Fsp3) is 0.280. The van der Waals surface area contributed by atoms with Crippen LogP contribution in [-0.4, -0.2) is 33.6 Å². The van der Waals surface area contributed by atoms with Crippen molar-refractivity contribution in [3.05, 3.63) is 69.0 Å². The summed E-state index contributed by atoms with van der Waals surface area (Å²) in [5.74, 6) is -3.29. The van der Waals surface area contributed by atoms with Crippen LogP contribution in [0.3, 0.4) is 0 Å². The summed E-state index contributed by atoms with van der Waals surface area (Å²) in [6.07, 6.45) is 1.57. The van der Waals surface area contributed by atoms with Gasteiger partial charge in [0.1, 0.15) is 6.04 Å². The van der Waals surface area contributed by atoms with Crippen LogP contribution in [-0.2, 0) is 4.79 Å². The van der Waals surface area contributed by atoms with E-state index in [2.05, 4.69) is 15.7 Å². The van der Waals surface area contributed by atoms with Gasteiger partial charge in [-0.2, -0.15) is 5.10 Å². The third-order valence-corrected chi connectivity index (χ3v) is 6.64. The third kappa shape index (κ3) is 4.66. The minimum Gasteiger partial charge on any atom is -0.357 e. The fourth-order valence-electron chi connectivity index (χ4n) is 3.95. The van der Waals surface area contributed by atoms with Crippen LogP contribution in [0.2, 0.25) is 0 Å². The van der Waals surface area contributed by atoms with Crippen molar-refractivity contribution in [1.29, 1.82) is 0 Å². The molecule has 7 nitrogen and oxygen atoms in total. The first-order valence-electron chi connectivity index (χ1n) is 11.0. The van der Waals surface area contributed by atoms with Gasteiger partial charge in [-0.05, 0) is 57.5 Å². The van der Waals surface area contributed by atoms with Gasteiger partial charge >= 0.3 is 0 Å². The van der Waals surface area contributed by atoms with E-state index >= 15 is 0 Å². The monoisotopic (exact) mass is 497 g/mol. The maximum Gasteiger partial charge on any atom is 0.253 e. The molecule has 2 amide bonds. The lowest BCUT2D eigenvalue weighted by Crippen LogP contribution is -2.39. The molecule has 4 rings (SSSR count). The molecule has 10 heteroatoms. The van der Waals surface area contributed by atoms with E-state index in [0.29, 0.717) is 16.7 Å². The zero-order valence-electron chi connectivity index (χ0n) is 19.9. The number of aryl methyl sites for hydroxylation is 2. The molecule has 1 aromatic carbocycles.